The summed E-state index contributed by atoms with van der Waals surface area (Å²) in [6.07, 6.45) is 1.73. The number of benzene rings is 2. The van der Waals surface area contributed by atoms with E-state index in [-0.39, 0.29) is 6.61 Å². The molecule has 0 bridgehead atoms. The Bertz CT molecular complexity index is 820. The maximum Gasteiger partial charge on any atom is 0.338 e. The summed E-state index contributed by atoms with van der Waals surface area (Å²) in [4.78, 5) is 15.2. The van der Waals surface area contributed by atoms with Gasteiger partial charge in [0.1, 0.15) is 18.2 Å². The molecule has 0 aliphatic carbocycles. The number of hydrogen-bond donors (Lipinski definition) is 0. The molecular formula is C20H19N3O4. The van der Waals surface area contributed by atoms with Gasteiger partial charge in [-0.05, 0) is 29.3 Å². The molecule has 1 heterocycles. The van der Waals surface area contributed by atoms with Crippen LogP contribution in [0.2, 0.25) is 0 Å². The number of ether oxygens (including phenoxy) is 3. The van der Waals surface area contributed by atoms with Gasteiger partial charge < -0.3 is 14.2 Å². The molecule has 0 N–H and O–H groups in total. The molecule has 0 saturated carbocycles. The van der Waals surface area contributed by atoms with Gasteiger partial charge in [-0.2, -0.15) is 0 Å². The van der Waals surface area contributed by atoms with Crippen LogP contribution >= 0.6 is 0 Å². The quantitative estimate of drug-likeness (QED) is 0.320. The predicted molar refractivity (Wildman–Crippen MR) is 98.7 cm³/mol. The predicted octanol–water partition coefficient (Wildman–Crippen LogP) is 4.02. The highest BCUT2D eigenvalue weighted by atomic mass is 16.6. The molecule has 0 amide bonds. The van der Waals surface area contributed by atoms with E-state index in [0.717, 1.165) is 5.56 Å². The van der Waals surface area contributed by atoms with Crippen molar-refractivity contribution >= 4 is 5.97 Å². The minimum atomic E-state index is -0.729. The molecule has 3 rings (SSSR count). The third-order valence-electron chi connectivity index (χ3n) is 4.07. The average Bonchev–Trinajstić information content (AvgIpc) is 2.71. The lowest BCUT2D eigenvalue weighted by atomic mass is 10.0. The third kappa shape index (κ3) is 5.10. The van der Waals surface area contributed by atoms with Gasteiger partial charge in [0.2, 0.25) is 0 Å². The standard InChI is InChI=1S/C20H19N3O4/c21-23-22-19-17(27-20(24)16-9-5-2-6-10-16)11-12-26-18(19)14-25-13-15-7-3-1-4-8-15/h1-12,17-19H,13-14H2. The molecule has 0 radical (unpaired) electrons. The first-order valence-corrected chi connectivity index (χ1v) is 8.52. The summed E-state index contributed by atoms with van der Waals surface area (Å²) in [7, 11) is 0. The summed E-state index contributed by atoms with van der Waals surface area (Å²) in [5.74, 6) is -0.491. The number of hydrogen-bond acceptors (Lipinski definition) is 5. The number of esters is 1. The summed E-state index contributed by atoms with van der Waals surface area (Å²) < 4.78 is 16.7. The van der Waals surface area contributed by atoms with Crippen LogP contribution in [-0.4, -0.2) is 30.8 Å². The van der Waals surface area contributed by atoms with E-state index in [1.165, 1.54) is 6.26 Å². The van der Waals surface area contributed by atoms with E-state index in [1.54, 1.807) is 30.3 Å². The summed E-state index contributed by atoms with van der Waals surface area (Å²) in [6, 6.07) is 17.6. The first-order valence-electron chi connectivity index (χ1n) is 8.52. The zero-order valence-corrected chi connectivity index (χ0v) is 14.5. The SMILES string of the molecule is [N-]=[N+]=NC1C(OC(=O)c2ccccc2)C=COC1COCc1ccccc1. The van der Waals surface area contributed by atoms with Crippen molar-refractivity contribution in [3.63, 3.8) is 0 Å². The monoisotopic (exact) mass is 365 g/mol. The molecule has 138 valence electrons. The van der Waals surface area contributed by atoms with Gasteiger partial charge in [-0.15, -0.1) is 0 Å². The minimum absolute atomic E-state index is 0.197. The summed E-state index contributed by atoms with van der Waals surface area (Å²) in [5, 5.41) is 3.77. The lowest BCUT2D eigenvalue weighted by molar-refractivity contribution is -0.0333. The van der Waals surface area contributed by atoms with Crippen molar-refractivity contribution in [3.8, 4) is 0 Å². The van der Waals surface area contributed by atoms with Gasteiger partial charge in [0.05, 0.1) is 25.0 Å². The number of azide groups is 1. The number of rotatable bonds is 7. The van der Waals surface area contributed by atoms with Crippen molar-refractivity contribution in [3.05, 3.63) is 94.6 Å². The fraction of sp³-hybridized carbons (Fsp3) is 0.250. The second-order valence-electron chi connectivity index (χ2n) is 5.94. The summed E-state index contributed by atoms with van der Waals surface area (Å²) in [6.45, 7) is 0.601. The molecule has 3 unspecified atom stereocenters. The lowest BCUT2D eigenvalue weighted by Crippen LogP contribution is -2.43. The molecule has 0 spiro atoms. The van der Waals surface area contributed by atoms with Crippen molar-refractivity contribution in [2.24, 2.45) is 5.11 Å². The molecule has 2 aromatic rings. The van der Waals surface area contributed by atoms with E-state index in [4.69, 9.17) is 19.7 Å². The molecule has 1 aliphatic rings. The lowest BCUT2D eigenvalue weighted by Gasteiger charge is -2.31. The highest BCUT2D eigenvalue weighted by Crippen LogP contribution is 2.21. The van der Waals surface area contributed by atoms with Crippen LogP contribution in [0.3, 0.4) is 0 Å². The van der Waals surface area contributed by atoms with E-state index in [1.807, 2.05) is 36.4 Å². The van der Waals surface area contributed by atoms with Crippen LogP contribution in [0.1, 0.15) is 15.9 Å². The number of carbonyl (C=O) groups excluding carboxylic acids is 1. The molecule has 2 aromatic carbocycles. The maximum atomic E-state index is 12.3. The number of nitrogens with zero attached hydrogens (tertiary/aromatic N) is 3. The second kappa shape index (κ2) is 9.43. The summed E-state index contributed by atoms with van der Waals surface area (Å²) in [5.41, 5.74) is 10.4. The van der Waals surface area contributed by atoms with E-state index in [9.17, 15) is 4.79 Å². The van der Waals surface area contributed by atoms with Crippen molar-refractivity contribution in [1.82, 2.24) is 0 Å². The van der Waals surface area contributed by atoms with E-state index >= 15 is 0 Å². The van der Waals surface area contributed by atoms with Gasteiger partial charge in [0.15, 0.2) is 0 Å². The van der Waals surface area contributed by atoms with Crippen LogP contribution in [-0.2, 0) is 20.8 Å². The highest BCUT2D eigenvalue weighted by Gasteiger charge is 2.34. The Morgan fingerprint density at radius 1 is 1.11 bits per heavy atom. The Hall–Kier alpha value is -3.28. The summed E-state index contributed by atoms with van der Waals surface area (Å²) >= 11 is 0. The zero-order valence-electron chi connectivity index (χ0n) is 14.5. The third-order valence-corrected chi connectivity index (χ3v) is 4.07. The average molecular weight is 365 g/mol. The van der Waals surface area contributed by atoms with Gasteiger partial charge in [-0.3, -0.25) is 0 Å². The van der Waals surface area contributed by atoms with Crippen molar-refractivity contribution in [1.29, 1.82) is 0 Å². The van der Waals surface area contributed by atoms with Crippen molar-refractivity contribution in [2.75, 3.05) is 6.61 Å². The van der Waals surface area contributed by atoms with Gasteiger partial charge in [-0.1, -0.05) is 53.6 Å². The maximum absolute atomic E-state index is 12.3. The Morgan fingerprint density at radius 2 is 1.81 bits per heavy atom. The molecule has 1 aliphatic heterocycles. The second-order valence-corrected chi connectivity index (χ2v) is 5.94. The van der Waals surface area contributed by atoms with Crippen LogP contribution < -0.4 is 0 Å². The molecule has 7 nitrogen and oxygen atoms in total. The van der Waals surface area contributed by atoms with Crippen molar-refractivity contribution in [2.45, 2.75) is 24.9 Å². The van der Waals surface area contributed by atoms with Crippen LogP contribution in [0, 0.1) is 0 Å². The van der Waals surface area contributed by atoms with Crippen molar-refractivity contribution < 1.29 is 19.0 Å². The van der Waals surface area contributed by atoms with Crippen LogP contribution in [0.25, 0.3) is 10.4 Å². The molecule has 0 fully saturated rings. The van der Waals surface area contributed by atoms with Gasteiger partial charge in [0, 0.05) is 4.91 Å². The Balaban J connectivity index is 1.62. The first kappa shape index (κ1) is 18.5. The normalized spacial score (nSPS) is 21.0. The first-order chi connectivity index (χ1) is 13.3. The number of carbonyl (C=O) groups is 1. The largest absolute Gasteiger partial charge is 0.495 e. The van der Waals surface area contributed by atoms with Crippen LogP contribution in [0.5, 0.6) is 0 Å². The van der Waals surface area contributed by atoms with Crippen LogP contribution in [0.4, 0.5) is 0 Å². The smallest absolute Gasteiger partial charge is 0.338 e. The Morgan fingerprint density at radius 3 is 2.52 bits per heavy atom. The van der Waals surface area contributed by atoms with E-state index < -0.39 is 24.2 Å². The molecule has 3 atom stereocenters. The fourth-order valence-corrected chi connectivity index (χ4v) is 2.71. The molecule has 7 heteroatoms. The molecule has 27 heavy (non-hydrogen) atoms. The van der Waals surface area contributed by atoms with E-state index in [2.05, 4.69) is 10.0 Å². The van der Waals surface area contributed by atoms with E-state index in [0.29, 0.717) is 12.2 Å². The van der Waals surface area contributed by atoms with Gasteiger partial charge >= 0.3 is 5.97 Å². The fourth-order valence-electron chi connectivity index (χ4n) is 2.71. The van der Waals surface area contributed by atoms with Gasteiger partial charge in [0.25, 0.3) is 0 Å². The minimum Gasteiger partial charge on any atom is -0.495 e. The topological polar surface area (TPSA) is 93.5 Å². The molecular weight excluding hydrogens is 346 g/mol. The zero-order chi connectivity index (χ0) is 18.9. The van der Waals surface area contributed by atoms with Gasteiger partial charge in [-0.25, -0.2) is 4.79 Å². The molecule has 0 saturated heterocycles. The Labute approximate surface area is 156 Å². The highest BCUT2D eigenvalue weighted by molar-refractivity contribution is 5.89. The Kier molecular flexibility index (Phi) is 6.46. The molecule has 0 aromatic heterocycles. The van der Waals surface area contributed by atoms with Crippen LogP contribution in [0.15, 0.2) is 78.1 Å².